The van der Waals surface area contributed by atoms with E-state index in [9.17, 15) is 4.79 Å². The molecule has 0 unspecified atom stereocenters. The van der Waals surface area contributed by atoms with Crippen molar-refractivity contribution in [1.29, 1.82) is 0 Å². The molecule has 0 spiro atoms. The summed E-state index contributed by atoms with van der Waals surface area (Å²) in [5.74, 6) is -0.184. The van der Waals surface area contributed by atoms with Gasteiger partial charge in [0.05, 0.1) is 0 Å². The van der Waals surface area contributed by atoms with Crippen LogP contribution in [0.3, 0.4) is 0 Å². The Hall–Kier alpha value is -2.49. The van der Waals surface area contributed by atoms with Crippen molar-refractivity contribution in [3.8, 4) is 11.4 Å². The molecule has 2 rings (SSSR count). The van der Waals surface area contributed by atoms with Crippen molar-refractivity contribution in [2.75, 3.05) is 0 Å². The van der Waals surface area contributed by atoms with Crippen molar-refractivity contribution in [3.63, 3.8) is 0 Å². The van der Waals surface area contributed by atoms with E-state index in [4.69, 9.17) is 5.11 Å². The summed E-state index contributed by atoms with van der Waals surface area (Å²) in [5.41, 5.74) is 4.33. The molecule has 0 bridgehead atoms. The number of hydrogen-bond acceptors (Lipinski definition) is 3. The van der Waals surface area contributed by atoms with E-state index in [1.54, 1.807) is 6.08 Å². The van der Waals surface area contributed by atoms with Gasteiger partial charge >= 0.3 is 5.97 Å². The van der Waals surface area contributed by atoms with Gasteiger partial charge in [0.15, 0.2) is 5.82 Å². The summed E-state index contributed by atoms with van der Waals surface area (Å²) in [7, 11) is 0. The molecule has 0 aliphatic carbocycles. The topological polar surface area (TPSA) is 63.1 Å². The van der Waals surface area contributed by atoms with Crippen molar-refractivity contribution < 1.29 is 9.90 Å². The molecular weight excluding hydrogens is 420 g/mol. The average molecular weight is 465 g/mol. The summed E-state index contributed by atoms with van der Waals surface area (Å²) >= 11 is 0. The van der Waals surface area contributed by atoms with Crippen LogP contribution in [0, 0.1) is 0 Å². The zero-order chi connectivity index (χ0) is 24.4. The lowest BCUT2D eigenvalue weighted by Crippen LogP contribution is -1.97. The highest BCUT2D eigenvalue weighted by Gasteiger charge is 2.07. The molecule has 1 N–H and O–H groups in total. The van der Waals surface area contributed by atoms with Crippen LogP contribution in [0.25, 0.3) is 17.5 Å². The van der Waals surface area contributed by atoms with Crippen LogP contribution in [-0.4, -0.2) is 21.0 Å². The third kappa shape index (κ3) is 11.1. The predicted octanol–water partition coefficient (Wildman–Crippen LogP) is 8.44. The number of carboxylic acid groups (broad SMARTS) is 1. The summed E-state index contributed by atoms with van der Waals surface area (Å²) in [6, 6.07) is 6.13. The number of aryl methyl sites for hydroxylation is 2. The van der Waals surface area contributed by atoms with Crippen molar-refractivity contribution in [1.82, 2.24) is 9.97 Å². The molecule has 186 valence electrons. The highest BCUT2D eigenvalue weighted by atomic mass is 16.4. The van der Waals surface area contributed by atoms with Crippen LogP contribution in [0.5, 0.6) is 0 Å². The van der Waals surface area contributed by atoms with Gasteiger partial charge in [-0.3, -0.25) is 0 Å². The lowest BCUT2D eigenvalue weighted by atomic mass is 9.97. The molecule has 0 aliphatic heterocycles. The van der Waals surface area contributed by atoms with E-state index in [0.29, 0.717) is 0 Å². The predicted molar refractivity (Wildman–Crippen MR) is 143 cm³/mol. The minimum atomic E-state index is -0.922. The maximum atomic E-state index is 11.0. The van der Waals surface area contributed by atoms with E-state index >= 15 is 0 Å². The Labute approximate surface area is 206 Å². The van der Waals surface area contributed by atoms with Crippen molar-refractivity contribution in [2.45, 2.75) is 110 Å². The quantitative estimate of drug-likeness (QED) is 0.177. The Balaban J connectivity index is 1.96. The van der Waals surface area contributed by atoms with Crippen molar-refractivity contribution in [2.24, 2.45) is 0 Å². The minimum absolute atomic E-state index is 0.737. The first-order chi connectivity index (χ1) is 16.6. The van der Waals surface area contributed by atoms with Gasteiger partial charge in [-0.05, 0) is 54.5 Å². The lowest BCUT2D eigenvalue weighted by molar-refractivity contribution is -0.131. The van der Waals surface area contributed by atoms with Gasteiger partial charge in [0.1, 0.15) is 0 Å². The molecule has 0 saturated carbocycles. The van der Waals surface area contributed by atoms with Crippen LogP contribution in [0.4, 0.5) is 0 Å². The smallest absolute Gasteiger partial charge is 0.328 e. The highest BCUT2D eigenvalue weighted by molar-refractivity contribution is 5.85. The third-order valence-electron chi connectivity index (χ3n) is 6.38. The average Bonchev–Trinajstić information content (AvgIpc) is 2.85. The number of carbonyl (C=O) groups is 1. The molecule has 0 aliphatic rings. The first-order valence-corrected chi connectivity index (χ1v) is 13.5. The van der Waals surface area contributed by atoms with Crippen LogP contribution < -0.4 is 0 Å². The third-order valence-corrected chi connectivity index (χ3v) is 6.38. The normalized spacial score (nSPS) is 11.4. The number of aliphatic carboxylic acids is 1. The SMILES string of the molecule is CCCCCCCCCc1cnc(-c2ccc(/C=C/C(=O)O)c(CCCCCCCC)c2)nc1. The zero-order valence-corrected chi connectivity index (χ0v) is 21.4. The molecular formula is C30H44N2O2. The van der Waals surface area contributed by atoms with E-state index < -0.39 is 5.97 Å². The Morgan fingerprint density at radius 3 is 1.94 bits per heavy atom. The fraction of sp³-hybridized carbons (Fsp3) is 0.567. The number of hydrogen-bond donors (Lipinski definition) is 1. The fourth-order valence-corrected chi connectivity index (χ4v) is 4.30. The van der Waals surface area contributed by atoms with E-state index in [2.05, 4.69) is 29.9 Å². The number of aromatic nitrogens is 2. The maximum absolute atomic E-state index is 11.0. The Kier molecular flexibility index (Phi) is 13.9. The molecule has 0 fully saturated rings. The summed E-state index contributed by atoms with van der Waals surface area (Å²) in [4.78, 5) is 20.3. The molecule has 1 aromatic heterocycles. The minimum Gasteiger partial charge on any atom is -0.478 e. The summed E-state index contributed by atoms with van der Waals surface area (Å²) < 4.78 is 0. The zero-order valence-electron chi connectivity index (χ0n) is 21.4. The van der Waals surface area contributed by atoms with Crippen molar-refractivity contribution in [3.05, 3.63) is 53.4 Å². The molecule has 0 saturated heterocycles. The monoisotopic (exact) mass is 464 g/mol. The number of unbranched alkanes of at least 4 members (excludes halogenated alkanes) is 11. The van der Waals surface area contributed by atoms with E-state index in [-0.39, 0.29) is 0 Å². The fourth-order valence-electron chi connectivity index (χ4n) is 4.30. The molecule has 4 nitrogen and oxygen atoms in total. The molecule has 2 aromatic rings. The van der Waals surface area contributed by atoms with Gasteiger partial charge < -0.3 is 5.11 Å². The number of nitrogens with zero attached hydrogens (tertiary/aromatic N) is 2. The second-order valence-electron chi connectivity index (χ2n) is 9.39. The second-order valence-corrected chi connectivity index (χ2v) is 9.39. The van der Waals surface area contributed by atoms with E-state index in [0.717, 1.165) is 36.2 Å². The molecule has 1 aromatic carbocycles. The van der Waals surface area contributed by atoms with E-state index in [1.807, 2.05) is 24.5 Å². The number of carboxylic acids is 1. The summed E-state index contributed by atoms with van der Waals surface area (Å²) in [6.45, 7) is 4.49. The molecule has 0 radical (unpaired) electrons. The van der Waals surface area contributed by atoms with Gasteiger partial charge in [0.25, 0.3) is 0 Å². The van der Waals surface area contributed by atoms with Gasteiger partial charge in [0, 0.05) is 24.0 Å². The van der Waals surface area contributed by atoms with Gasteiger partial charge in [0.2, 0.25) is 0 Å². The van der Waals surface area contributed by atoms with Gasteiger partial charge in [-0.15, -0.1) is 0 Å². The van der Waals surface area contributed by atoms with Crippen LogP contribution in [0.2, 0.25) is 0 Å². The summed E-state index contributed by atoms with van der Waals surface area (Å²) in [6.07, 6.45) is 25.4. The van der Waals surface area contributed by atoms with Crippen LogP contribution in [0.1, 0.15) is 114 Å². The highest BCUT2D eigenvalue weighted by Crippen LogP contribution is 2.23. The van der Waals surface area contributed by atoms with Gasteiger partial charge in [-0.2, -0.15) is 0 Å². The maximum Gasteiger partial charge on any atom is 0.328 e. The number of rotatable bonds is 18. The summed E-state index contributed by atoms with van der Waals surface area (Å²) in [5, 5.41) is 9.04. The number of benzene rings is 1. The lowest BCUT2D eigenvalue weighted by Gasteiger charge is -2.10. The standard InChI is InChI=1S/C30H44N2O2/c1-3-5-7-9-11-12-14-16-25-23-31-30(32-24-25)28-19-18-26(20-21-29(33)34)27(22-28)17-15-13-10-8-6-4-2/h18-24H,3-17H2,1-2H3,(H,33,34)/b21-20+. The Morgan fingerprint density at radius 1 is 0.794 bits per heavy atom. The second kappa shape index (κ2) is 17.0. The molecule has 34 heavy (non-hydrogen) atoms. The van der Waals surface area contributed by atoms with Crippen molar-refractivity contribution >= 4 is 12.0 Å². The van der Waals surface area contributed by atoms with Crippen LogP contribution >= 0.6 is 0 Å². The Bertz CT molecular complexity index is 859. The molecule has 0 atom stereocenters. The van der Waals surface area contributed by atoms with Crippen LogP contribution in [0.15, 0.2) is 36.7 Å². The van der Waals surface area contributed by atoms with E-state index in [1.165, 1.54) is 94.3 Å². The molecule has 4 heteroatoms. The molecule has 1 heterocycles. The Morgan fingerprint density at radius 2 is 1.35 bits per heavy atom. The first kappa shape index (κ1) is 27.8. The molecule has 0 amide bonds. The van der Waals surface area contributed by atoms with Gasteiger partial charge in [-0.1, -0.05) is 96.6 Å². The first-order valence-electron chi connectivity index (χ1n) is 13.5. The van der Waals surface area contributed by atoms with Gasteiger partial charge in [-0.25, -0.2) is 14.8 Å². The largest absolute Gasteiger partial charge is 0.478 e. The van der Waals surface area contributed by atoms with Crippen LogP contribution in [-0.2, 0) is 17.6 Å².